The van der Waals surface area contributed by atoms with Crippen LogP contribution in [0.2, 0.25) is 0 Å². The van der Waals surface area contributed by atoms with Gasteiger partial charge < -0.3 is 5.32 Å². The molecule has 1 aromatic carbocycles. The maximum Gasteiger partial charge on any atom is 0.226 e. The van der Waals surface area contributed by atoms with Crippen LogP contribution in [-0.4, -0.2) is 32.2 Å². The smallest absolute Gasteiger partial charge is 0.226 e. The second-order valence-corrected chi connectivity index (χ2v) is 6.07. The standard InChI is InChI=1S/C16H17N5OS/c1-12(21-11-17-10-19-21)8-18-15(22)7-14-9-23-16(20-14)13-5-3-2-4-6-13/h2-6,9-12H,7-8H2,1H3,(H,18,22). The van der Waals surface area contributed by atoms with Crippen LogP contribution in [0.5, 0.6) is 0 Å². The zero-order valence-electron chi connectivity index (χ0n) is 12.7. The molecule has 0 aliphatic heterocycles. The highest BCUT2D eigenvalue weighted by molar-refractivity contribution is 7.13. The van der Waals surface area contributed by atoms with Gasteiger partial charge in [-0.1, -0.05) is 30.3 Å². The highest BCUT2D eigenvalue weighted by atomic mass is 32.1. The number of benzene rings is 1. The quantitative estimate of drug-likeness (QED) is 0.754. The molecule has 0 spiro atoms. The van der Waals surface area contributed by atoms with Gasteiger partial charge in [0.05, 0.1) is 18.2 Å². The van der Waals surface area contributed by atoms with E-state index in [2.05, 4.69) is 20.4 Å². The Hall–Kier alpha value is -2.54. The molecule has 0 saturated carbocycles. The van der Waals surface area contributed by atoms with Gasteiger partial charge in [0.1, 0.15) is 17.7 Å². The molecule has 1 N–H and O–H groups in total. The third-order valence-corrected chi connectivity index (χ3v) is 4.34. The Kier molecular flexibility index (Phi) is 4.77. The number of thiazole rings is 1. The lowest BCUT2D eigenvalue weighted by atomic mass is 10.2. The van der Waals surface area contributed by atoms with Crippen molar-refractivity contribution < 1.29 is 4.79 Å². The van der Waals surface area contributed by atoms with E-state index in [1.165, 1.54) is 6.33 Å². The Balaban J connectivity index is 1.53. The van der Waals surface area contributed by atoms with Gasteiger partial charge in [0.2, 0.25) is 5.91 Å². The average Bonchev–Trinajstić information content (AvgIpc) is 3.25. The lowest BCUT2D eigenvalue weighted by molar-refractivity contribution is -0.120. The van der Waals surface area contributed by atoms with Crippen LogP contribution in [0.15, 0.2) is 48.4 Å². The Morgan fingerprint density at radius 2 is 2.17 bits per heavy atom. The first-order valence-electron chi connectivity index (χ1n) is 7.33. The minimum Gasteiger partial charge on any atom is -0.354 e. The molecule has 0 bridgehead atoms. The van der Waals surface area contributed by atoms with Gasteiger partial charge in [-0.25, -0.2) is 14.6 Å². The number of nitrogens with one attached hydrogen (secondary N) is 1. The van der Waals surface area contributed by atoms with Crippen LogP contribution >= 0.6 is 11.3 Å². The average molecular weight is 327 g/mol. The van der Waals surface area contributed by atoms with E-state index in [0.717, 1.165) is 16.3 Å². The van der Waals surface area contributed by atoms with E-state index in [4.69, 9.17) is 0 Å². The molecule has 0 aliphatic carbocycles. The number of amides is 1. The van der Waals surface area contributed by atoms with Crippen LogP contribution in [0.3, 0.4) is 0 Å². The monoisotopic (exact) mass is 327 g/mol. The van der Waals surface area contributed by atoms with Crippen molar-refractivity contribution in [3.63, 3.8) is 0 Å². The van der Waals surface area contributed by atoms with Crippen LogP contribution in [0.1, 0.15) is 18.7 Å². The second-order valence-electron chi connectivity index (χ2n) is 5.22. The van der Waals surface area contributed by atoms with Crippen LogP contribution in [0.4, 0.5) is 0 Å². The van der Waals surface area contributed by atoms with Crippen LogP contribution in [0.25, 0.3) is 10.6 Å². The molecule has 1 atom stereocenters. The van der Waals surface area contributed by atoms with Crippen molar-refractivity contribution in [3.05, 3.63) is 54.1 Å². The SMILES string of the molecule is CC(CNC(=O)Cc1csc(-c2ccccc2)n1)n1cncn1. The zero-order chi connectivity index (χ0) is 16.1. The summed E-state index contributed by atoms with van der Waals surface area (Å²) in [5.41, 5.74) is 1.86. The van der Waals surface area contributed by atoms with Crippen molar-refractivity contribution in [1.82, 2.24) is 25.1 Å². The topological polar surface area (TPSA) is 72.7 Å². The molecule has 2 heterocycles. The Labute approximate surface area is 138 Å². The third kappa shape index (κ3) is 4.01. The summed E-state index contributed by atoms with van der Waals surface area (Å²) in [6, 6.07) is 10.0. The Morgan fingerprint density at radius 1 is 1.35 bits per heavy atom. The predicted molar refractivity (Wildman–Crippen MR) is 89.0 cm³/mol. The molecule has 0 aliphatic rings. The zero-order valence-corrected chi connectivity index (χ0v) is 13.5. The fraction of sp³-hybridized carbons (Fsp3) is 0.250. The van der Waals surface area contributed by atoms with Crippen molar-refractivity contribution >= 4 is 17.2 Å². The molecule has 1 unspecified atom stereocenters. The number of hydrogen-bond donors (Lipinski definition) is 1. The summed E-state index contributed by atoms with van der Waals surface area (Å²) in [6.07, 6.45) is 3.41. The maximum absolute atomic E-state index is 12.0. The fourth-order valence-corrected chi connectivity index (χ4v) is 2.95. The van der Waals surface area contributed by atoms with Crippen molar-refractivity contribution in [1.29, 1.82) is 0 Å². The van der Waals surface area contributed by atoms with E-state index in [1.54, 1.807) is 22.3 Å². The molecule has 0 fully saturated rings. The van der Waals surface area contributed by atoms with E-state index >= 15 is 0 Å². The predicted octanol–water partition coefficient (Wildman–Crippen LogP) is 2.32. The van der Waals surface area contributed by atoms with Crippen LogP contribution < -0.4 is 5.32 Å². The molecular formula is C16H17N5OS. The first kappa shape index (κ1) is 15.4. The van der Waals surface area contributed by atoms with Crippen LogP contribution in [-0.2, 0) is 11.2 Å². The van der Waals surface area contributed by atoms with Gasteiger partial charge in [0, 0.05) is 17.5 Å². The second kappa shape index (κ2) is 7.15. The van der Waals surface area contributed by atoms with Gasteiger partial charge in [0.25, 0.3) is 0 Å². The van der Waals surface area contributed by atoms with Gasteiger partial charge in [-0.05, 0) is 6.92 Å². The third-order valence-electron chi connectivity index (χ3n) is 3.40. The molecular weight excluding hydrogens is 310 g/mol. The fourth-order valence-electron chi connectivity index (χ4n) is 2.13. The van der Waals surface area contributed by atoms with E-state index in [1.807, 2.05) is 42.6 Å². The first-order valence-corrected chi connectivity index (χ1v) is 8.21. The molecule has 3 rings (SSSR count). The van der Waals surface area contributed by atoms with Crippen molar-refractivity contribution in [2.75, 3.05) is 6.54 Å². The van der Waals surface area contributed by atoms with Crippen molar-refractivity contribution in [3.8, 4) is 10.6 Å². The van der Waals surface area contributed by atoms with Gasteiger partial charge in [0.15, 0.2) is 0 Å². The number of nitrogens with zero attached hydrogens (tertiary/aromatic N) is 4. The number of aromatic nitrogens is 4. The molecule has 23 heavy (non-hydrogen) atoms. The lowest BCUT2D eigenvalue weighted by Gasteiger charge is -2.12. The molecule has 3 aromatic rings. The number of carbonyl (C=O) groups excluding carboxylic acids is 1. The van der Waals surface area contributed by atoms with E-state index < -0.39 is 0 Å². The van der Waals surface area contributed by atoms with Gasteiger partial charge in [-0.3, -0.25) is 4.79 Å². The highest BCUT2D eigenvalue weighted by Gasteiger charge is 2.11. The summed E-state index contributed by atoms with van der Waals surface area (Å²) in [4.78, 5) is 20.5. The summed E-state index contributed by atoms with van der Waals surface area (Å²) in [5, 5.41) is 9.83. The number of hydrogen-bond acceptors (Lipinski definition) is 5. The molecule has 1 amide bonds. The summed E-state index contributed by atoms with van der Waals surface area (Å²) < 4.78 is 1.72. The molecule has 0 radical (unpaired) electrons. The number of carbonyl (C=O) groups is 1. The summed E-state index contributed by atoms with van der Waals surface area (Å²) in [6.45, 7) is 2.49. The first-order chi connectivity index (χ1) is 11.2. The summed E-state index contributed by atoms with van der Waals surface area (Å²) in [7, 11) is 0. The minimum absolute atomic E-state index is 0.0399. The largest absolute Gasteiger partial charge is 0.354 e. The molecule has 6 nitrogen and oxygen atoms in total. The van der Waals surface area contributed by atoms with Crippen LogP contribution in [0, 0.1) is 0 Å². The molecule has 118 valence electrons. The molecule has 7 heteroatoms. The van der Waals surface area contributed by atoms with Crippen molar-refractivity contribution in [2.45, 2.75) is 19.4 Å². The Morgan fingerprint density at radius 3 is 2.91 bits per heavy atom. The lowest BCUT2D eigenvalue weighted by Crippen LogP contribution is -2.31. The van der Waals surface area contributed by atoms with E-state index in [-0.39, 0.29) is 18.4 Å². The minimum atomic E-state index is -0.0399. The normalized spacial score (nSPS) is 12.0. The van der Waals surface area contributed by atoms with Gasteiger partial charge in [-0.15, -0.1) is 11.3 Å². The Bertz CT molecular complexity index is 754. The van der Waals surface area contributed by atoms with E-state index in [0.29, 0.717) is 6.54 Å². The van der Waals surface area contributed by atoms with Gasteiger partial charge in [-0.2, -0.15) is 5.10 Å². The van der Waals surface area contributed by atoms with E-state index in [9.17, 15) is 4.79 Å². The highest BCUT2D eigenvalue weighted by Crippen LogP contribution is 2.23. The summed E-state index contributed by atoms with van der Waals surface area (Å²) in [5.74, 6) is -0.0399. The number of rotatable bonds is 6. The molecule has 0 saturated heterocycles. The summed E-state index contributed by atoms with van der Waals surface area (Å²) >= 11 is 1.55. The van der Waals surface area contributed by atoms with Gasteiger partial charge >= 0.3 is 0 Å². The van der Waals surface area contributed by atoms with Crippen molar-refractivity contribution in [2.24, 2.45) is 0 Å². The molecule has 2 aromatic heterocycles. The maximum atomic E-state index is 12.0.